The van der Waals surface area contributed by atoms with E-state index in [2.05, 4.69) is 17.0 Å². The smallest absolute Gasteiger partial charge is 0.312 e. The third kappa shape index (κ3) is 3.66. The Morgan fingerprint density at radius 3 is 2.61 bits per heavy atom. The molecule has 4 aromatic rings. The highest BCUT2D eigenvalue weighted by molar-refractivity contribution is 6.31. The summed E-state index contributed by atoms with van der Waals surface area (Å²) in [5.41, 5.74) is 3.42. The van der Waals surface area contributed by atoms with Crippen molar-refractivity contribution in [1.82, 2.24) is 18.7 Å². The largest absolute Gasteiger partial charge is 0.332 e. The molecule has 0 amide bonds. The zero-order valence-corrected chi connectivity index (χ0v) is 19.5. The lowest BCUT2D eigenvalue weighted by Crippen LogP contribution is -2.40. The quantitative estimate of drug-likeness (QED) is 0.448. The summed E-state index contributed by atoms with van der Waals surface area (Å²) in [7, 11) is 1.69. The van der Waals surface area contributed by atoms with E-state index >= 15 is 0 Å². The molecule has 0 bridgehead atoms. The van der Waals surface area contributed by atoms with Crippen molar-refractivity contribution in [2.24, 2.45) is 7.05 Å². The normalized spacial score (nSPS) is 13.5. The van der Waals surface area contributed by atoms with E-state index in [1.54, 1.807) is 7.05 Å². The summed E-state index contributed by atoms with van der Waals surface area (Å²) in [5, 5.41) is 0.689. The van der Waals surface area contributed by atoms with E-state index in [9.17, 15) is 9.59 Å². The highest BCUT2D eigenvalue weighted by Gasteiger charge is 2.27. The van der Waals surface area contributed by atoms with Crippen LogP contribution in [-0.2, 0) is 26.6 Å². The molecule has 0 atom stereocenters. The van der Waals surface area contributed by atoms with Crippen molar-refractivity contribution in [2.45, 2.75) is 39.3 Å². The Labute approximate surface area is 196 Å². The Morgan fingerprint density at radius 2 is 1.82 bits per heavy atom. The Kier molecular flexibility index (Phi) is 5.58. The molecule has 0 radical (unpaired) electrons. The van der Waals surface area contributed by atoms with Crippen LogP contribution in [0.1, 0.15) is 24.0 Å². The number of imidazole rings is 1. The molecule has 0 saturated heterocycles. The van der Waals surface area contributed by atoms with Crippen LogP contribution in [-0.4, -0.2) is 25.2 Å². The van der Waals surface area contributed by atoms with Gasteiger partial charge in [0.1, 0.15) is 0 Å². The van der Waals surface area contributed by atoms with Crippen molar-refractivity contribution in [3.63, 3.8) is 0 Å². The first-order chi connectivity index (χ1) is 16.0. The minimum atomic E-state index is -0.332. The molecule has 5 rings (SSSR count). The van der Waals surface area contributed by atoms with Crippen LogP contribution >= 0.6 is 11.6 Å². The maximum Gasteiger partial charge on any atom is 0.332 e. The van der Waals surface area contributed by atoms with E-state index in [0.29, 0.717) is 41.6 Å². The summed E-state index contributed by atoms with van der Waals surface area (Å²) in [6.07, 6.45) is 2.38. The van der Waals surface area contributed by atoms with Crippen LogP contribution in [0.4, 0.5) is 11.6 Å². The molecule has 7 nitrogen and oxygen atoms in total. The SMILES string of the molecule is Cc1c(Cl)cccc1N1CCCn2c1nc1c2c(=O)n(CCCc2ccccc2)c(=O)n1C. The van der Waals surface area contributed by atoms with E-state index in [-0.39, 0.29) is 11.2 Å². The van der Waals surface area contributed by atoms with Crippen molar-refractivity contribution in [1.29, 1.82) is 0 Å². The van der Waals surface area contributed by atoms with Crippen molar-refractivity contribution >= 4 is 34.4 Å². The lowest BCUT2D eigenvalue weighted by atomic mass is 10.1. The topological polar surface area (TPSA) is 65.1 Å². The Bertz CT molecular complexity index is 1450. The van der Waals surface area contributed by atoms with Gasteiger partial charge in [0.2, 0.25) is 5.95 Å². The van der Waals surface area contributed by atoms with Crippen LogP contribution in [0.3, 0.4) is 0 Å². The Hall–Kier alpha value is -3.32. The first-order valence-electron chi connectivity index (χ1n) is 11.2. The molecule has 0 spiro atoms. The molecule has 3 heterocycles. The number of nitrogens with zero attached hydrogens (tertiary/aromatic N) is 5. The van der Waals surface area contributed by atoms with Gasteiger partial charge in [0.25, 0.3) is 5.56 Å². The van der Waals surface area contributed by atoms with Crippen LogP contribution < -0.4 is 16.1 Å². The zero-order valence-electron chi connectivity index (χ0n) is 18.8. The first-order valence-corrected chi connectivity index (χ1v) is 11.6. The van der Waals surface area contributed by atoms with E-state index in [4.69, 9.17) is 16.6 Å². The van der Waals surface area contributed by atoms with Gasteiger partial charge in [-0.15, -0.1) is 0 Å². The van der Waals surface area contributed by atoms with E-state index in [0.717, 1.165) is 30.6 Å². The van der Waals surface area contributed by atoms with Gasteiger partial charge in [-0.05, 0) is 49.4 Å². The van der Waals surface area contributed by atoms with Crippen LogP contribution in [0.2, 0.25) is 5.02 Å². The molecule has 1 aliphatic heterocycles. The summed E-state index contributed by atoms with van der Waals surface area (Å²) in [6.45, 7) is 3.80. The van der Waals surface area contributed by atoms with Crippen molar-refractivity contribution < 1.29 is 0 Å². The average Bonchev–Trinajstić information content (AvgIpc) is 3.22. The van der Waals surface area contributed by atoms with Gasteiger partial charge in [0.15, 0.2) is 11.2 Å². The molecule has 0 N–H and O–H groups in total. The fourth-order valence-electron chi connectivity index (χ4n) is 4.66. The zero-order chi connectivity index (χ0) is 23.1. The summed E-state index contributed by atoms with van der Waals surface area (Å²) in [6, 6.07) is 15.9. The molecule has 0 unspecified atom stereocenters. The monoisotopic (exact) mass is 463 g/mol. The van der Waals surface area contributed by atoms with Crippen LogP contribution in [0.5, 0.6) is 0 Å². The van der Waals surface area contributed by atoms with Crippen molar-refractivity contribution in [3.8, 4) is 0 Å². The molecular weight excluding hydrogens is 438 g/mol. The predicted octanol–water partition coefficient (Wildman–Crippen LogP) is 4.03. The van der Waals surface area contributed by atoms with Gasteiger partial charge in [0.05, 0.1) is 0 Å². The lowest BCUT2D eigenvalue weighted by Gasteiger charge is -2.30. The summed E-state index contributed by atoms with van der Waals surface area (Å²) in [5.74, 6) is 0.677. The molecule has 0 saturated carbocycles. The van der Waals surface area contributed by atoms with Crippen LogP contribution in [0, 0.1) is 6.92 Å². The first kappa shape index (κ1) is 21.5. The maximum absolute atomic E-state index is 13.5. The second-order valence-corrected chi connectivity index (χ2v) is 8.92. The highest BCUT2D eigenvalue weighted by Crippen LogP contribution is 2.35. The Balaban J connectivity index is 1.58. The van der Waals surface area contributed by atoms with E-state index in [1.165, 1.54) is 14.7 Å². The van der Waals surface area contributed by atoms with Gasteiger partial charge in [-0.2, -0.15) is 4.98 Å². The predicted molar refractivity (Wildman–Crippen MR) is 132 cm³/mol. The minimum Gasteiger partial charge on any atom is -0.312 e. The minimum absolute atomic E-state index is 0.274. The molecular formula is C25H26ClN5O2. The summed E-state index contributed by atoms with van der Waals surface area (Å²) >= 11 is 6.37. The molecule has 8 heteroatoms. The number of hydrogen-bond donors (Lipinski definition) is 0. The second kappa shape index (κ2) is 8.56. The third-order valence-electron chi connectivity index (χ3n) is 6.44. The Morgan fingerprint density at radius 1 is 1.03 bits per heavy atom. The lowest BCUT2D eigenvalue weighted by molar-refractivity contribution is 0.565. The van der Waals surface area contributed by atoms with Gasteiger partial charge in [-0.1, -0.05) is 48.0 Å². The molecule has 170 valence electrons. The van der Waals surface area contributed by atoms with Crippen LogP contribution in [0.25, 0.3) is 11.2 Å². The molecule has 2 aromatic heterocycles. The molecule has 0 fully saturated rings. The summed E-state index contributed by atoms with van der Waals surface area (Å²) in [4.78, 5) is 33.4. The van der Waals surface area contributed by atoms with E-state index < -0.39 is 0 Å². The highest BCUT2D eigenvalue weighted by atomic mass is 35.5. The van der Waals surface area contributed by atoms with Gasteiger partial charge in [-0.3, -0.25) is 13.9 Å². The molecule has 2 aromatic carbocycles. The molecule has 0 aliphatic carbocycles. The van der Waals surface area contributed by atoms with E-state index in [1.807, 2.05) is 47.9 Å². The van der Waals surface area contributed by atoms with Crippen molar-refractivity contribution in [2.75, 3.05) is 11.4 Å². The standard InChI is InChI=1S/C25H26ClN5O2/c1-17-19(26)12-6-13-20(17)29-15-8-16-30-21-22(27-24(29)30)28(2)25(33)31(23(21)32)14-7-11-18-9-4-3-5-10-18/h3-6,9-10,12-13H,7-8,11,14-16H2,1-2H3. The molecule has 1 aliphatic rings. The number of anilines is 2. The fourth-order valence-corrected chi connectivity index (χ4v) is 4.83. The molecule has 33 heavy (non-hydrogen) atoms. The van der Waals surface area contributed by atoms with Gasteiger partial charge >= 0.3 is 5.69 Å². The maximum atomic E-state index is 13.5. The number of benzene rings is 2. The number of hydrogen-bond acceptors (Lipinski definition) is 4. The number of aryl methyl sites for hydroxylation is 3. The number of fused-ring (bicyclic) bond motifs is 3. The van der Waals surface area contributed by atoms with Gasteiger partial charge in [-0.25, -0.2) is 4.79 Å². The number of aromatic nitrogens is 4. The summed E-state index contributed by atoms with van der Waals surface area (Å²) < 4.78 is 4.80. The third-order valence-corrected chi connectivity index (χ3v) is 6.85. The fraction of sp³-hybridized carbons (Fsp3) is 0.320. The van der Waals surface area contributed by atoms with Crippen molar-refractivity contribution in [3.05, 3.63) is 85.5 Å². The van der Waals surface area contributed by atoms with Gasteiger partial charge in [0, 0.05) is 37.4 Å². The number of halogens is 1. The number of rotatable bonds is 5. The van der Waals surface area contributed by atoms with Gasteiger partial charge < -0.3 is 9.47 Å². The van der Waals surface area contributed by atoms with Crippen LogP contribution in [0.15, 0.2) is 58.1 Å². The second-order valence-electron chi connectivity index (χ2n) is 8.51. The average molecular weight is 464 g/mol.